The Kier molecular flexibility index (Phi) is 8.91. The highest BCUT2D eigenvalue weighted by atomic mass is 32.2. The summed E-state index contributed by atoms with van der Waals surface area (Å²) >= 11 is 1.66. The van der Waals surface area contributed by atoms with E-state index in [-0.39, 0.29) is 11.7 Å². The van der Waals surface area contributed by atoms with Crippen LogP contribution in [0.4, 0.5) is 0 Å². The molecule has 0 bridgehead atoms. The van der Waals surface area contributed by atoms with Gasteiger partial charge in [-0.2, -0.15) is 11.8 Å². The number of carboxylic acids is 1. The highest BCUT2D eigenvalue weighted by molar-refractivity contribution is 7.99. The maximum absolute atomic E-state index is 10.4. The molecule has 90 valence electrons. The molecule has 1 unspecified atom stereocenters. The Labute approximate surface area is 96.6 Å². The molecule has 0 saturated carbocycles. The molecule has 3 nitrogen and oxygen atoms in total. The second-order valence-corrected chi connectivity index (χ2v) is 5.62. The zero-order valence-electron chi connectivity index (χ0n) is 9.86. The second kappa shape index (κ2) is 9.04. The molecule has 15 heavy (non-hydrogen) atoms. The van der Waals surface area contributed by atoms with Gasteiger partial charge >= 0.3 is 5.97 Å². The molecule has 1 N–H and O–H groups in total. The predicted molar refractivity (Wildman–Crippen MR) is 64.4 cm³/mol. The molecule has 0 amide bonds. The van der Waals surface area contributed by atoms with Gasteiger partial charge < -0.3 is 9.84 Å². The van der Waals surface area contributed by atoms with E-state index in [9.17, 15) is 4.79 Å². The van der Waals surface area contributed by atoms with Gasteiger partial charge in [-0.05, 0) is 12.3 Å². The lowest BCUT2D eigenvalue weighted by Crippen LogP contribution is -2.09. The van der Waals surface area contributed by atoms with E-state index in [4.69, 9.17) is 9.84 Å². The van der Waals surface area contributed by atoms with Gasteiger partial charge in [-0.15, -0.1) is 0 Å². The summed E-state index contributed by atoms with van der Waals surface area (Å²) in [5.41, 5.74) is 0. The first kappa shape index (κ1) is 14.8. The SMILES string of the molecule is CC(C)CCOCCSC(C)CC(=O)O. The normalized spacial score (nSPS) is 13.1. The molecule has 0 aliphatic heterocycles. The number of hydrogen-bond donors (Lipinski definition) is 1. The number of ether oxygens (including phenoxy) is 1. The molecule has 0 aliphatic carbocycles. The molecule has 0 heterocycles. The Balaban J connectivity index is 3.20. The van der Waals surface area contributed by atoms with E-state index in [1.807, 2.05) is 6.92 Å². The fourth-order valence-corrected chi connectivity index (χ4v) is 1.91. The summed E-state index contributed by atoms with van der Waals surface area (Å²) in [5, 5.41) is 8.72. The van der Waals surface area contributed by atoms with Crippen molar-refractivity contribution in [2.45, 2.75) is 38.9 Å². The summed E-state index contributed by atoms with van der Waals surface area (Å²) in [7, 11) is 0. The van der Waals surface area contributed by atoms with Gasteiger partial charge in [0.25, 0.3) is 0 Å². The van der Waals surface area contributed by atoms with Crippen LogP contribution in [-0.4, -0.2) is 35.3 Å². The van der Waals surface area contributed by atoms with Crippen molar-refractivity contribution < 1.29 is 14.6 Å². The zero-order valence-corrected chi connectivity index (χ0v) is 10.7. The van der Waals surface area contributed by atoms with Crippen molar-refractivity contribution in [2.24, 2.45) is 5.92 Å². The average molecular weight is 234 g/mol. The van der Waals surface area contributed by atoms with Gasteiger partial charge in [-0.1, -0.05) is 20.8 Å². The van der Waals surface area contributed by atoms with Crippen molar-refractivity contribution in [1.29, 1.82) is 0 Å². The van der Waals surface area contributed by atoms with Crippen LogP contribution in [0.2, 0.25) is 0 Å². The maximum atomic E-state index is 10.4. The average Bonchev–Trinajstić information content (AvgIpc) is 2.09. The van der Waals surface area contributed by atoms with Crippen LogP contribution in [-0.2, 0) is 9.53 Å². The van der Waals surface area contributed by atoms with Crippen LogP contribution >= 0.6 is 11.8 Å². The van der Waals surface area contributed by atoms with Crippen LogP contribution in [0.3, 0.4) is 0 Å². The Bertz CT molecular complexity index is 171. The molecule has 0 fully saturated rings. The standard InChI is InChI=1S/C11H22O3S/c1-9(2)4-5-14-6-7-15-10(3)8-11(12)13/h9-10H,4-8H2,1-3H3,(H,12,13). The van der Waals surface area contributed by atoms with Crippen molar-refractivity contribution in [2.75, 3.05) is 19.0 Å². The molecule has 0 saturated heterocycles. The highest BCUT2D eigenvalue weighted by Gasteiger charge is 2.07. The minimum atomic E-state index is -0.726. The summed E-state index contributed by atoms with van der Waals surface area (Å²) in [4.78, 5) is 10.4. The minimum Gasteiger partial charge on any atom is -0.481 e. The second-order valence-electron chi connectivity index (χ2n) is 4.07. The lowest BCUT2D eigenvalue weighted by molar-refractivity contribution is -0.136. The van der Waals surface area contributed by atoms with Crippen LogP contribution in [0.15, 0.2) is 0 Å². The smallest absolute Gasteiger partial charge is 0.304 e. The van der Waals surface area contributed by atoms with Crippen LogP contribution < -0.4 is 0 Å². The number of hydrogen-bond acceptors (Lipinski definition) is 3. The summed E-state index contributed by atoms with van der Waals surface area (Å²) in [6.45, 7) is 7.82. The summed E-state index contributed by atoms with van der Waals surface area (Å²) in [6.07, 6.45) is 1.33. The molecule has 0 aromatic heterocycles. The Morgan fingerprint density at radius 1 is 1.33 bits per heavy atom. The number of aliphatic carboxylic acids is 1. The molecular formula is C11H22O3S. The monoisotopic (exact) mass is 234 g/mol. The first-order chi connectivity index (χ1) is 7.02. The van der Waals surface area contributed by atoms with Crippen LogP contribution in [0.1, 0.15) is 33.6 Å². The fourth-order valence-electron chi connectivity index (χ4n) is 1.03. The Hall–Kier alpha value is -0.220. The molecular weight excluding hydrogens is 212 g/mol. The van der Waals surface area contributed by atoms with Gasteiger partial charge in [-0.25, -0.2) is 0 Å². The molecule has 0 radical (unpaired) electrons. The van der Waals surface area contributed by atoms with Gasteiger partial charge in [-0.3, -0.25) is 4.79 Å². The number of carbonyl (C=O) groups is 1. The number of thioether (sulfide) groups is 1. The third kappa shape index (κ3) is 11.7. The van der Waals surface area contributed by atoms with Crippen LogP contribution in [0.25, 0.3) is 0 Å². The van der Waals surface area contributed by atoms with Crippen molar-refractivity contribution in [1.82, 2.24) is 0 Å². The van der Waals surface area contributed by atoms with Gasteiger partial charge in [0.2, 0.25) is 0 Å². The number of rotatable bonds is 9. The van der Waals surface area contributed by atoms with E-state index in [0.29, 0.717) is 5.92 Å². The molecule has 0 aromatic carbocycles. The van der Waals surface area contributed by atoms with Crippen molar-refractivity contribution >= 4 is 17.7 Å². The Morgan fingerprint density at radius 3 is 2.53 bits per heavy atom. The van der Waals surface area contributed by atoms with E-state index in [1.54, 1.807) is 11.8 Å². The van der Waals surface area contributed by atoms with E-state index in [2.05, 4.69) is 13.8 Å². The summed E-state index contributed by atoms with van der Waals surface area (Å²) in [6, 6.07) is 0. The first-order valence-corrected chi connectivity index (χ1v) is 6.48. The van der Waals surface area contributed by atoms with E-state index in [0.717, 1.165) is 25.4 Å². The fraction of sp³-hybridized carbons (Fsp3) is 0.909. The van der Waals surface area contributed by atoms with Gasteiger partial charge in [0.15, 0.2) is 0 Å². The third-order valence-electron chi connectivity index (χ3n) is 1.93. The quantitative estimate of drug-likeness (QED) is 0.623. The summed E-state index contributed by atoms with van der Waals surface area (Å²) in [5.74, 6) is 0.839. The van der Waals surface area contributed by atoms with E-state index >= 15 is 0 Å². The number of carboxylic acid groups (broad SMARTS) is 1. The van der Waals surface area contributed by atoms with Crippen LogP contribution in [0.5, 0.6) is 0 Å². The lowest BCUT2D eigenvalue weighted by Gasteiger charge is -2.09. The predicted octanol–water partition coefficient (Wildman–Crippen LogP) is 2.65. The maximum Gasteiger partial charge on any atom is 0.304 e. The Morgan fingerprint density at radius 2 is 2.00 bits per heavy atom. The lowest BCUT2D eigenvalue weighted by atomic mass is 10.1. The largest absolute Gasteiger partial charge is 0.481 e. The van der Waals surface area contributed by atoms with Gasteiger partial charge in [0.1, 0.15) is 0 Å². The minimum absolute atomic E-state index is 0.177. The van der Waals surface area contributed by atoms with Gasteiger partial charge in [0.05, 0.1) is 13.0 Å². The topological polar surface area (TPSA) is 46.5 Å². The van der Waals surface area contributed by atoms with Crippen molar-refractivity contribution in [3.05, 3.63) is 0 Å². The molecule has 1 atom stereocenters. The van der Waals surface area contributed by atoms with E-state index in [1.165, 1.54) is 0 Å². The van der Waals surface area contributed by atoms with Crippen molar-refractivity contribution in [3.8, 4) is 0 Å². The highest BCUT2D eigenvalue weighted by Crippen LogP contribution is 2.13. The molecule has 4 heteroatoms. The first-order valence-electron chi connectivity index (χ1n) is 5.43. The summed E-state index contributed by atoms with van der Waals surface area (Å²) < 4.78 is 5.43. The third-order valence-corrected chi connectivity index (χ3v) is 3.07. The van der Waals surface area contributed by atoms with Crippen LogP contribution in [0, 0.1) is 5.92 Å². The molecule has 0 aromatic rings. The molecule has 0 spiro atoms. The zero-order chi connectivity index (χ0) is 11.7. The van der Waals surface area contributed by atoms with Gasteiger partial charge in [0, 0.05) is 17.6 Å². The van der Waals surface area contributed by atoms with E-state index < -0.39 is 5.97 Å². The van der Waals surface area contributed by atoms with Crippen molar-refractivity contribution in [3.63, 3.8) is 0 Å². The molecule has 0 rings (SSSR count). The molecule has 0 aliphatic rings.